The number of hydrogen-bond acceptors (Lipinski definition) is 2. The number of amides is 1. The molecule has 0 aromatic heterocycles. The van der Waals surface area contributed by atoms with Gasteiger partial charge in [0.2, 0.25) is 0 Å². The SMILES string of the molecule is CC(C)c1ccccc1N1CCN(C(=O)c2cccc(F)c2)CC1. The number of benzene rings is 2. The van der Waals surface area contributed by atoms with Gasteiger partial charge in [0.1, 0.15) is 5.82 Å². The summed E-state index contributed by atoms with van der Waals surface area (Å²) in [6.07, 6.45) is 0. The van der Waals surface area contributed by atoms with Crippen molar-refractivity contribution in [1.82, 2.24) is 4.90 Å². The van der Waals surface area contributed by atoms with E-state index in [1.54, 1.807) is 12.1 Å². The maximum absolute atomic E-state index is 13.3. The minimum Gasteiger partial charge on any atom is -0.368 e. The van der Waals surface area contributed by atoms with E-state index in [1.807, 2.05) is 4.90 Å². The highest BCUT2D eigenvalue weighted by Crippen LogP contribution is 2.28. The molecule has 4 heteroatoms. The van der Waals surface area contributed by atoms with Crippen molar-refractivity contribution < 1.29 is 9.18 Å². The topological polar surface area (TPSA) is 23.6 Å². The lowest BCUT2D eigenvalue weighted by molar-refractivity contribution is 0.0746. The first-order valence-electron chi connectivity index (χ1n) is 8.45. The van der Waals surface area contributed by atoms with Crippen LogP contribution in [0.15, 0.2) is 48.5 Å². The van der Waals surface area contributed by atoms with Crippen LogP contribution in [-0.4, -0.2) is 37.0 Å². The van der Waals surface area contributed by atoms with Crippen LogP contribution >= 0.6 is 0 Å². The number of nitrogens with zero attached hydrogens (tertiary/aromatic N) is 2. The van der Waals surface area contributed by atoms with Crippen molar-refractivity contribution in [3.8, 4) is 0 Å². The quantitative estimate of drug-likeness (QED) is 0.854. The summed E-state index contributed by atoms with van der Waals surface area (Å²) in [6.45, 7) is 7.30. The summed E-state index contributed by atoms with van der Waals surface area (Å²) < 4.78 is 13.3. The number of para-hydroxylation sites is 1. The molecule has 0 saturated carbocycles. The minimum absolute atomic E-state index is 0.0914. The lowest BCUT2D eigenvalue weighted by Gasteiger charge is -2.37. The fourth-order valence-electron chi connectivity index (χ4n) is 3.22. The standard InChI is InChI=1S/C20H23FN2O/c1-15(2)18-8-3-4-9-19(18)22-10-12-23(13-11-22)20(24)16-6-5-7-17(21)14-16/h3-9,14-15H,10-13H2,1-2H3. The molecular formula is C20H23FN2O. The van der Waals surface area contributed by atoms with E-state index in [0.717, 1.165) is 13.1 Å². The Labute approximate surface area is 142 Å². The second-order valence-corrected chi connectivity index (χ2v) is 6.50. The zero-order valence-electron chi connectivity index (χ0n) is 14.2. The summed E-state index contributed by atoms with van der Waals surface area (Å²) in [4.78, 5) is 16.7. The van der Waals surface area contributed by atoms with Crippen LogP contribution in [0, 0.1) is 5.82 Å². The number of carbonyl (C=O) groups is 1. The summed E-state index contributed by atoms with van der Waals surface area (Å²) in [7, 11) is 0. The maximum atomic E-state index is 13.3. The van der Waals surface area contributed by atoms with Gasteiger partial charge >= 0.3 is 0 Å². The zero-order valence-corrected chi connectivity index (χ0v) is 14.2. The van der Waals surface area contributed by atoms with Gasteiger partial charge in [-0.15, -0.1) is 0 Å². The molecule has 0 radical (unpaired) electrons. The lowest BCUT2D eigenvalue weighted by atomic mass is 10.00. The summed E-state index contributed by atoms with van der Waals surface area (Å²) in [5.41, 5.74) is 3.01. The van der Waals surface area contributed by atoms with Gasteiger partial charge < -0.3 is 9.80 Å². The van der Waals surface area contributed by atoms with Gasteiger partial charge in [-0.3, -0.25) is 4.79 Å². The first kappa shape index (κ1) is 16.5. The monoisotopic (exact) mass is 326 g/mol. The van der Waals surface area contributed by atoms with Crippen LogP contribution in [0.25, 0.3) is 0 Å². The van der Waals surface area contributed by atoms with Gasteiger partial charge in [0, 0.05) is 37.4 Å². The van der Waals surface area contributed by atoms with Crippen molar-refractivity contribution in [2.75, 3.05) is 31.1 Å². The average Bonchev–Trinajstić information content (AvgIpc) is 2.61. The molecule has 1 heterocycles. The van der Waals surface area contributed by atoms with Gasteiger partial charge in [-0.05, 0) is 35.7 Å². The third-order valence-corrected chi connectivity index (χ3v) is 4.54. The van der Waals surface area contributed by atoms with E-state index < -0.39 is 0 Å². The molecular weight excluding hydrogens is 303 g/mol. The summed E-state index contributed by atoms with van der Waals surface area (Å²) in [5, 5.41) is 0. The van der Waals surface area contributed by atoms with Gasteiger partial charge in [-0.2, -0.15) is 0 Å². The molecule has 0 spiro atoms. The molecule has 1 fully saturated rings. The Balaban J connectivity index is 1.69. The third kappa shape index (κ3) is 3.42. The molecule has 1 saturated heterocycles. The number of piperazine rings is 1. The zero-order chi connectivity index (χ0) is 17.1. The number of rotatable bonds is 3. The molecule has 2 aromatic carbocycles. The van der Waals surface area contributed by atoms with E-state index in [0.29, 0.717) is 24.6 Å². The highest BCUT2D eigenvalue weighted by molar-refractivity contribution is 5.94. The van der Waals surface area contributed by atoms with Crippen molar-refractivity contribution >= 4 is 11.6 Å². The van der Waals surface area contributed by atoms with E-state index in [-0.39, 0.29) is 11.7 Å². The highest BCUT2D eigenvalue weighted by Gasteiger charge is 2.23. The van der Waals surface area contributed by atoms with E-state index in [4.69, 9.17) is 0 Å². The smallest absolute Gasteiger partial charge is 0.254 e. The van der Waals surface area contributed by atoms with E-state index in [2.05, 4.69) is 43.0 Å². The Hall–Kier alpha value is -2.36. The Morgan fingerprint density at radius 3 is 2.38 bits per heavy atom. The minimum atomic E-state index is -0.370. The molecule has 1 aliphatic heterocycles. The summed E-state index contributed by atoms with van der Waals surface area (Å²) in [6, 6.07) is 14.4. The number of anilines is 1. The molecule has 2 aromatic rings. The van der Waals surface area contributed by atoms with E-state index in [9.17, 15) is 9.18 Å². The Morgan fingerprint density at radius 1 is 1.00 bits per heavy atom. The second kappa shape index (κ2) is 7.04. The second-order valence-electron chi connectivity index (χ2n) is 6.50. The van der Waals surface area contributed by atoms with Crippen LogP contribution in [0.1, 0.15) is 35.7 Å². The summed E-state index contributed by atoms with van der Waals surface area (Å²) in [5.74, 6) is 0.00444. The largest absolute Gasteiger partial charge is 0.368 e. The van der Waals surface area contributed by atoms with Crippen molar-refractivity contribution in [2.45, 2.75) is 19.8 Å². The molecule has 0 aliphatic carbocycles. The first-order chi connectivity index (χ1) is 11.6. The first-order valence-corrected chi connectivity index (χ1v) is 8.45. The molecule has 126 valence electrons. The number of halogens is 1. The lowest BCUT2D eigenvalue weighted by Crippen LogP contribution is -2.49. The Bertz CT molecular complexity index is 721. The van der Waals surface area contributed by atoms with E-state index >= 15 is 0 Å². The fourth-order valence-corrected chi connectivity index (χ4v) is 3.22. The molecule has 0 bridgehead atoms. The predicted molar refractivity (Wildman–Crippen MR) is 95.0 cm³/mol. The van der Waals surface area contributed by atoms with Gasteiger partial charge in [0.15, 0.2) is 0 Å². The van der Waals surface area contributed by atoms with Gasteiger partial charge in [-0.1, -0.05) is 38.1 Å². The van der Waals surface area contributed by atoms with Crippen LogP contribution < -0.4 is 4.90 Å². The number of carbonyl (C=O) groups excluding carboxylic acids is 1. The number of hydrogen-bond donors (Lipinski definition) is 0. The van der Waals surface area contributed by atoms with Crippen LogP contribution in [0.4, 0.5) is 10.1 Å². The van der Waals surface area contributed by atoms with Gasteiger partial charge in [-0.25, -0.2) is 4.39 Å². The normalized spacial score (nSPS) is 15.0. The Kier molecular flexibility index (Phi) is 4.84. The molecule has 0 N–H and O–H groups in total. The summed E-state index contributed by atoms with van der Waals surface area (Å²) >= 11 is 0. The molecule has 0 unspecified atom stereocenters. The fraction of sp³-hybridized carbons (Fsp3) is 0.350. The molecule has 3 nitrogen and oxygen atoms in total. The van der Waals surface area contributed by atoms with Crippen LogP contribution in [0.5, 0.6) is 0 Å². The van der Waals surface area contributed by atoms with E-state index in [1.165, 1.54) is 23.4 Å². The van der Waals surface area contributed by atoms with Crippen LogP contribution in [0.2, 0.25) is 0 Å². The Morgan fingerprint density at radius 2 is 1.71 bits per heavy atom. The highest BCUT2D eigenvalue weighted by atomic mass is 19.1. The van der Waals surface area contributed by atoms with Crippen molar-refractivity contribution in [2.24, 2.45) is 0 Å². The van der Waals surface area contributed by atoms with Crippen LogP contribution in [-0.2, 0) is 0 Å². The average molecular weight is 326 g/mol. The van der Waals surface area contributed by atoms with Crippen molar-refractivity contribution in [3.63, 3.8) is 0 Å². The molecule has 3 rings (SSSR count). The van der Waals surface area contributed by atoms with Crippen molar-refractivity contribution in [1.29, 1.82) is 0 Å². The predicted octanol–water partition coefficient (Wildman–Crippen LogP) is 3.91. The molecule has 1 amide bonds. The maximum Gasteiger partial charge on any atom is 0.254 e. The molecule has 0 atom stereocenters. The third-order valence-electron chi connectivity index (χ3n) is 4.54. The molecule has 1 aliphatic rings. The van der Waals surface area contributed by atoms with Crippen LogP contribution in [0.3, 0.4) is 0 Å². The van der Waals surface area contributed by atoms with Gasteiger partial charge in [0.05, 0.1) is 0 Å². The van der Waals surface area contributed by atoms with Crippen molar-refractivity contribution in [3.05, 3.63) is 65.5 Å². The molecule has 24 heavy (non-hydrogen) atoms. The van der Waals surface area contributed by atoms with Gasteiger partial charge in [0.25, 0.3) is 5.91 Å².